The molecule has 6 heteroatoms. The normalized spacial score (nSPS) is 22.7. The molecular formula is C20H29N3O2S. The lowest BCUT2D eigenvalue weighted by Gasteiger charge is -2.35. The summed E-state index contributed by atoms with van der Waals surface area (Å²) in [4.78, 5) is 12.0. The number of carbonyl (C=O) groups is 1. The molecule has 1 saturated carbocycles. The Morgan fingerprint density at radius 1 is 1.27 bits per heavy atom. The summed E-state index contributed by atoms with van der Waals surface area (Å²) in [6, 6.07) is 7.94. The maximum Gasteiger partial charge on any atom is 0.262 e. The lowest BCUT2D eigenvalue weighted by Crippen LogP contribution is -2.52. The van der Waals surface area contributed by atoms with E-state index >= 15 is 0 Å². The van der Waals surface area contributed by atoms with Gasteiger partial charge < -0.3 is 10.1 Å². The quantitative estimate of drug-likeness (QED) is 0.418. The molecule has 0 spiro atoms. The zero-order chi connectivity index (χ0) is 18.9. The fourth-order valence-corrected chi connectivity index (χ4v) is 3.42. The van der Waals surface area contributed by atoms with Crippen molar-refractivity contribution in [3.8, 4) is 5.75 Å². The van der Waals surface area contributed by atoms with E-state index in [0.717, 1.165) is 17.7 Å². The Hall–Kier alpha value is -2.08. The topological polar surface area (TPSA) is 62.4 Å². The van der Waals surface area contributed by atoms with Crippen LogP contribution in [0.4, 0.5) is 0 Å². The SMILES string of the molecule is CCOc1ccccc1/C=C/C(=O)NNC(=S)N[C@@H]1CCC[C@H](C)[C@@H]1C. The van der Waals surface area contributed by atoms with Crippen LogP contribution in [0.15, 0.2) is 30.3 Å². The van der Waals surface area contributed by atoms with Gasteiger partial charge >= 0.3 is 0 Å². The van der Waals surface area contributed by atoms with E-state index in [-0.39, 0.29) is 5.91 Å². The Morgan fingerprint density at radius 2 is 2.04 bits per heavy atom. The van der Waals surface area contributed by atoms with Crippen molar-refractivity contribution < 1.29 is 9.53 Å². The first-order valence-corrected chi connectivity index (χ1v) is 9.68. The summed E-state index contributed by atoms with van der Waals surface area (Å²) in [6.07, 6.45) is 6.77. The van der Waals surface area contributed by atoms with Crippen LogP contribution in [0.5, 0.6) is 5.75 Å². The third-order valence-electron chi connectivity index (χ3n) is 4.96. The predicted molar refractivity (Wildman–Crippen MR) is 110 cm³/mol. The van der Waals surface area contributed by atoms with E-state index in [4.69, 9.17) is 17.0 Å². The number of amides is 1. The van der Waals surface area contributed by atoms with E-state index in [0.29, 0.717) is 29.6 Å². The number of carbonyl (C=O) groups excluding carboxylic acids is 1. The molecule has 0 aliphatic heterocycles. The van der Waals surface area contributed by atoms with E-state index in [1.165, 1.54) is 18.9 Å². The van der Waals surface area contributed by atoms with Gasteiger partial charge in [-0.1, -0.05) is 44.9 Å². The van der Waals surface area contributed by atoms with Crippen LogP contribution >= 0.6 is 12.2 Å². The third-order valence-corrected chi connectivity index (χ3v) is 5.18. The molecule has 1 fully saturated rings. The van der Waals surface area contributed by atoms with Crippen molar-refractivity contribution in [2.24, 2.45) is 11.8 Å². The van der Waals surface area contributed by atoms with Crippen molar-refractivity contribution in [1.82, 2.24) is 16.2 Å². The molecule has 1 aliphatic carbocycles. The number of thiocarbonyl (C=S) groups is 1. The van der Waals surface area contributed by atoms with Gasteiger partial charge in [-0.05, 0) is 49.5 Å². The molecule has 1 aromatic carbocycles. The first-order chi connectivity index (χ1) is 12.5. The van der Waals surface area contributed by atoms with Gasteiger partial charge in [0.05, 0.1) is 6.61 Å². The van der Waals surface area contributed by atoms with Gasteiger partial charge in [-0.3, -0.25) is 15.6 Å². The molecule has 0 unspecified atom stereocenters. The summed E-state index contributed by atoms with van der Waals surface area (Å²) in [5, 5.41) is 3.77. The summed E-state index contributed by atoms with van der Waals surface area (Å²) >= 11 is 5.30. The van der Waals surface area contributed by atoms with Gasteiger partial charge in [-0.25, -0.2) is 0 Å². The van der Waals surface area contributed by atoms with Crippen molar-refractivity contribution >= 4 is 29.3 Å². The Morgan fingerprint density at radius 3 is 2.81 bits per heavy atom. The summed E-state index contributed by atoms with van der Waals surface area (Å²) in [7, 11) is 0. The van der Waals surface area contributed by atoms with Gasteiger partial charge in [0, 0.05) is 17.7 Å². The molecule has 1 amide bonds. The minimum absolute atomic E-state index is 0.273. The fraction of sp³-hybridized carbons (Fsp3) is 0.500. The van der Waals surface area contributed by atoms with Gasteiger partial charge in [0.25, 0.3) is 5.91 Å². The van der Waals surface area contributed by atoms with E-state index in [1.807, 2.05) is 31.2 Å². The smallest absolute Gasteiger partial charge is 0.262 e. The lowest BCUT2D eigenvalue weighted by molar-refractivity contribution is -0.116. The van der Waals surface area contributed by atoms with E-state index in [2.05, 4.69) is 30.0 Å². The van der Waals surface area contributed by atoms with Crippen LogP contribution in [0.3, 0.4) is 0 Å². The molecule has 1 aromatic rings. The van der Waals surface area contributed by atoms with Crippen LogP contribution in [-0.4, -0.2) is 23.7 Å². The Bertz CT molecular complexity index is 648. The van der Waals surface area contributed by atoms with Gasteiger partial charge in [-0.15, -0.1) is 0 Å². The summed E-state index contributed by atoms with van der Waals surface area (Å²) in [5.41, 5.74) is 6.24. The Kier molecular flexibility index (Phi) is 7.91. The van der Waals surface area contributed by atoms with Gasteiger partial charge in [0.1, 0.15) is 5.75 Å². The van der Waals surface area contributed by atoms with Crippen molar-refractivity contribution in [3.05, 3.63) is 35.9 Å². The second-order valence-corrected chi connectivity index (χ2v) is 7.17. The Labute approximate surface area is 161 Å². The molecule has 1 aliphatic rings. The minimum atomic E-state index is -0.273. The number of rotatable bonds is 5. The highest BCUT2D eigenvalue weighted by Gasteiger charge is 2.27. The summed E-state index contributed by atoms with van der Waals surface area (Å²) in [5.74, 6) is 1.73. The Balaban J connectivity index is 1.80. The third kappa shape index (κ3) is 6.02. The van der Waals surface area contributed by atoms with Crippen molar-refractivity contribution in [3.63, 3.8) is 0 Å². The van der Waals surface area contributed by atoms with E-state index in [9.17, 15) is 4.79 Å². The molecule has 0 bridgehead atoms. The lowest BCUT2D eigenvalue weighted by atomic mass is 9.78. The highest BCUT2D eigenvalue weighted by atomic mass is 32.1. The molecule has 3 N–H and O–H groups in total. The molecule has 0 aromatic heterocycles. The number of benzene rings is 1. The van der Waals surface area contributed by atoms with Gasteiger partial charge in [0.2, 0.25) is 0 Å². The van der Waals surface area contributed by atoms with Gasteiger partial charge in [-0.2, -0.15) is 0 Å². The highest BCUT2D eigenvalue weighted by Crippen LogP contribution is 2.29. The first kappa shape index (κ1) is 20.2. The number of hydrogen-bond donors (Lipinski definition) is 3. The van der Waals surface area contributed by atoms with Crippen molar-refractivity contribution in [2.45, 2.75) is 46.1 Å². The van der Waals surface area contributed by atoms with Crippen LogP contribution in [0.25, 0.3) is 6.08 Å². The second-order valence-electron chi connectivity index (χ2n) is 6.77. The van der Waals surface area contributed by atoms with Crippen LogP contribution < -0.4 is 20.9 Å². The number of nitrogens with one attached hydrogen (secondary N) is 3. The highest BCUT2D eigenvalue weighted by molar-refractivity contribution is 7.80. The van der Waals surface area contributed by atoms with Crippen LogP contribution in [-0.2, 0) is 4.79 Å². The minimum Gasteiger partial charge on any atom is -0.493 e. The number of hydrogen-bond acceptors (Lipinski definition) is 3. The summed E-state index contributed by atoms with van der Waals surface area (Å²) < 4.78 is 5.54. The maximum atomic E-state index is 12.0. The van der Waals surface area contributed by atoms with E-state index in [1.54, 1.807) is 6.08 Å². The van der Waals surface area contributed by atoms with Crippen LogP contribution in [0.2, 0.25) is 0 Å². The van der Waals surface area contributed by atoms with E-state index < -0.39 is 0 Å². The average Bonchev–Trinajstić information content (AvgIpc) is 2.63. The maximum absolute atomic E-state index is 12.0. The molecule has 5 nitrogen and oxygen atoms in total. The van der Waals surface area contributed by atoms with Crippen LogP contribution in [0.1, 0.15) is 45.6 Å². The number of ether oxygens (including phenoxy) is 1. The molecule has 26 heavy (non-hydrogen) atoms. The van der Waals surface area contributed by atoms with Gasteiger partial charge in [0.15, 0.2) is 5.11 Å². The monoisotopic (exact) mass is 375 g/mol. The molecular weight excluding hydrogens is 346 g/mol. The largest absolute Gasteiger partial charge is 0.493 e. The summed E-state index contributed by atoms with van der Waals surface area (Å²) in [6.45, 7) is 7.04. The standard InChI is InChI=1S/C20H29N3O2S/c1-4-25-18-11-6-5-9-16(18)12-13-19(24)22-23-20(26)21-17-10-7-8-14(2)15(17)3/h5-6,9,11-15,17H,4,7-8,10H2,1-3H3,(H,22,24)(H2,21,23,26)/b13-12+/t14-,15-,17+/m0/s1. The zero-order valence-electron chi connectivity index (χ0n) is 15.7. The molecule has 0 saturated heterocycles. The molecule has 0 heterocycles. The fourth-order valence-electron chi connectivity index (χ4n) is 3.22. The first-order valence-electron chi connectivity index (χ1n) is 9.27. The second kappa shape index (κ2) is 10.2. The zero-order valence-corrected chi connectivity index (χ0v) is 16.6. The molecule has 0 radical (unpaired) electrons. The average molecular weight is 376 g/mol. The molecule has 142 valence electrons. The number of para-hydroxylation sites is 1. The predicted octanol–water partition coefficient (Wildman–Crippen LogP) is 3.42. The van der Waals surface area contributed by atoms with Crippen molar-refractivity contribution in [1.29, 1.82) is 0 Å². The van der Waals surface area contributed by atoms with Crippen LogP contribution in [0, 0.1) is 11.8 Å². The molecule has 3 atom stereocenters. The van der Waals surface area contributed by atoms with Crippen molar-refractivity contribution in [2.75, 3.05) is 6.61 Å². The number of hydrazine groups is 1. The molecule has 2 rings (SSSR count).